The molecule has 0 radical (unpaired) electrons. The van der Waals surface area contributed by atoms with Crippen molar-refractivity contribution in [3.05, 3.63) is 65.2 Å². The number of nitrogens with zero attached hydrogens (tertiary/aromatic N) is 3. The monoisotopic (exact) mass is 313 g/mol. The van der Waals surface area contributed by atoms with E-state index in [9.17, 15) is 4.79 Å². The van der Waals surface area contributed by atoms with Gasteiger partial charge in [0.05, 0.1) is 17.1 Å². The number of pyridine rings is 1. The van der Waals surface area contributed by atoms with Crippen LogP contribution >= 0.6 is 11.6 Å². The molecule has 22 heavy (non-hydrogen) atoms. The van der Waals surface area contributed by atoms with Crippen molar-refractivity contribution in [2.75, 3.05) is 0 Å². The van der Waals surface area contributed by atoms with E-state index >= 15 is 0 Å². The van der Waals surface area contributed by atoms with Crippen molar-refractivity contribution in [3.8, 4) is 11.4 Å². The number of hydrogen-bond acceptors (Lipinski definition) is 4. The predicted octanol–water partition coefficient (Wildman–Crippen LogP) is 2.45. The van der Waals surface area contributed by atoms with Crippen molar-refractivity contribution < 1.29 is 4.79 Å². The van der Waals surface area contributed by atoms with Gasteiger partial charge in [0.25, 0.3) is 5.91 Å². The van der Waals surface area contributed by atoms with Gasteiger partial charge in [-0.25, -0.2) is 4.98 Å². The lowest BCUT2D eigenvalue weighted by Crippen LogP contribution is -2.23. The predicted molar refractivity (Wildman–Crippen MR) is 82.2 cm³/mol. The number of aromatic amines is 1. The molecule has 6 nitrogen and oxygen atoms in total. The standard InChI is InChI=1S/C15H12ClN5O/c16-12-6-2-1-5-11(12)15(22)18-9-13-19-14(21-20-13)10-4-3-7-17-8-10/h1-8H,9H2,(H,18,22)(H,19,20,21). The third-order valence-electron chi connectivity index (χ3n) is 2.99. The molecule has 0 aliphatic rings. The molecule has 0 saturated carbocycles. The van der Waals surface area contributed by atoms with Crippen LogP contribution in [0.25, 0.3) is 11.4 Å². The fourth-order valence-electron chi connectivity index (χ4n) is 1.90. The Kier molecular flexibility index (Phi) is 4.11. The first-order valence-electron chi connectivity index (χ1n) is 6.58. The Morgan fingerprint density at radius 2 is 2.09 bits per heavy atom. The molecule has 0 fully saturated rings. The Labute approximate surface area is 131 Å². The maximum Gasteiger partial charge on any atom is 0.253 e. The summed E-state index contributed by atoms with van der Waals surface area (Å²) in [5.41, 5.74) is 1.23. The van der Waals surface area contributed by atoms with Gasteiger partial charge in [0.1, 0.15) is 5.82 Å². The largest absolute Gasteiger partial charge is 0.345 e. The number of H-pyrrole nitrogens is 1. The van der Waals surface area contributed by atoms with Gasteiger partial charge in [-0.05, 0) is 24.3 Å². The summed E-state index contributed by atoms with van der Waals surface area (Å²) < 4.78 is 0. The van der Waals surface area contributed by atoms with Crippen molar-refractivity contribution in [1.29, 1.82) is 0 Å². The lowest BCUT2D eigenvalue weighted by atomic mass is 10.2. The van der Waals surface area contributed by atoms with Gasteiger partial charge in [-0.3, -0.25) is 14.9 Å². The van der Waals surface area contributed by atoms with Crippen molar-refractivity contribution in [3.63, 3.8) is 0 Å². The van der Waals surface area contributed by atoms with Crippen LogP contribution in [0.1, 0.15) is 16.2 Å². The van der Waals surface area contributed by atoms with Gasteiger partial charge in [0, 0.05) is 18.0 Å². The summed E-state index contributed by atoms with van der Waals surface area (Å²) in [4.78, 5) is 20.4. The van der Waals surface area contributed by atoms with E-state index in [4.69, 9.17) is 11.6 Å². The minimum Gasteiger partial charge on any atom is -0.345 e. The van der Waals surface area contributed by atoms with E-state index in [1.54, 1.807) is 36.7 Å². The molecule has 7 heteroatoms. The minimum atomic E-state index is -0.259. The normalized spacial score (nSPS) is 10.4. The number of nitrogens with one attached hydrogen (secondary N) is 2. The van der Waals surface area contributed by atoms with Crippen LogP contribution in [0, 0.1) is 0 Å². The summed E-state index contributed by atoms with van der Waals surface area (Å²) in [5, 5.41) is 10.0. The lowest BCUT2D eigenvalue weighted by molar-refractivity contribution is 0.0950. The molecule has 0 bridgehead atoms. The van der Waals surface area contributed by atoms with Gasteiger partial charge < -0.3 is 5.32 Å². The molecular formula is C15H12ClN5O. The van der Waals surface area contributed by atoms with Crippen molar-refractivity contribution in [1.82, 2.24) is 25.5 Å². The second-order valence-electron chi connectivity index (χ2n) is 4.51. The average Bonchev–Trinajstić information content (AvgIpc) is 3.03. The summed E-state index contributed by atoms with van der Waals surface area (Å²) in [6, 6.07) is 10.5. The van der Waals surface area contributed by atoms with Crippen LogP contribution in [0.3, 0.4) is 0 Å². The first-order chi connectivity index (χ1) is 10.7. The van der Waals surface area contributed by atoms with Gasteiger partial charge in [-0.1, -0.05) is 23.7 Å². The van der Waals surface area contributed by atoms with Gasteiger partial charge in [0.2, 0.25) is 0 Å². The Bertz CT molecular complexity index is 787. The minimum absolute atomic E-state index is 0.233. The van der Waals surface area contributed by atoms with Gasteiger partial charge in [-0.2, -0.15) is 5.10 Å². The molecule has 0 saturated heterocycles. The Hall–Kier alpha value is -2.73. The number of benzene rings is 1. The number of hydrogen-bond donors (Lipinski definition) is 2. The topological polar surface area (TPSA) is 83.6 Å². The van der Waals surface area contributed by atoms with Gasteiger partial charge in [0.15, 0.2) is 5.82 Å². The number of rotatable bonds is 4. The van der Waals surface area contributed by atoms with E-state index < -0.39 is 0 Å². The first kappa shape index (κ1) is 14.2. The van der Waals surface area contributed by atoms with E-state index in [-0.39, 0.29) is 12.5 Å². The molecule has 0 aliphatic heterocycles. The van der Waals surface area contributed by atoms with Crippen molar-refractivity contribution >= 4 is 17.5 Å². The Morgan fingerprint density at radius 1 is 1.23 bits per heavy atom. The third-order valence-corrected chi connectivity index (χ3v) is 3.32. The van der Waals surface area contributed by atoms with Crippen LogP contribution < -0.4 is 5.32 Å². The summed E-state index contributed by atoms with van der Waals surface area (Å²) in [6.45, 7) is 0.233. The smallest absolute Gasteiger partial charge is 0.253 e. The van der Waals surface area contributed by atoms with Gasteiger partial charge in [-0.15, -0.1) is 0 Å². The molecule has 3 aromatic rings. The van der Waals surface area contributed by atoms with E-state index in [1.807, 2.05) is 12.1 Å². The zero-order valence-corrected chi connectivity index (χ0v) is 12.2. The summed E-state index contributed by atoms with van der Waals surface area (Å²) in [5.74, 6) is 0.833. The third kappa shape index (κ3) is 3.12. The molecule has 1 aromatic carbocycles. The van der Waals surface area contributed by atoms with Crippen LogP contribution in [0.5, 0.6) is 0 Å². The summed E-state index contributed by atoms with van der Waals surface area (Å²) in [6.07, 6.45) is 3.36. The lowest BCUT2D eigenvalue weighted by Gasteiger charge is -2.04. The number of carbonyl (C=O) groups is 1. The second-order valence-corrected chi connectivity index (χ2v) is 4.92. The fourth-order valence-corrected chi connectivity index (χ4v) is 2.12. The molecule has 2 heterocycles. The van der Waals surface area contributed by atoms with E-state index in [0.29, 0.717) is 22.2 Å². The molecule has 2 N–H and O–H groups in total. The molecule has 0 spiro atoms. The zero-order chi connectivity index (χ0) is 15.4. The zero-order valence-electron chi connectivity index (χ0n) is 11.5. The van der Waals surface area contributed by atoms with Crippen LogP contribution in [0.15, 0.2) is 48.8 Å². The molecule has 2 aromatic heterocycles. The molecule has 0 unspecified atom stereocenters. The number of carbonyl (C=O) groups excluding carboxylic acids is 1. The fraction of sp³-hybridized carbons (Fsp3) is 0.0667. The highest BCUT2D eigenvalue weighted by molar-refractivity contribution is 6.33. The maximum atomic E-state index is 12.0. The van der Waals surface area contributed by atoms with Crippen LogP contribution in [-0.4, -0.2) is 26.1 Å². The first-order valence-corrected chi connectivity index (χ1v) is 6.96. The highest BCUT2D eigenvalue weighted by Crippen LogP contribution is 2.15. The SMILES string of the molecule is O=C(NCc1nc(-c2cccnc2)n[nH]1)c1ccccc1Cl. The summed E-state index contributed by atoms with van der Waals surface area (Å²) >= 11 is 5.98. The quantitative estimate of drug-likeness (QED) is 0.775. The van der Waals surface area contributed by atoms with Crippen LogP contribution in [0.4, 0.5) is 0 Å². The molecule has 0 atom stereocenters. The molecular weight excluding hydrogens is 302 g/mol. The molecule has 3 rings (SSSR count). The van der Waals surface area contributed by atoms with E-state index in [1.165, 1.54) is 0 Å². The Morgan fingerprint density at radius 3 is 2.86 bits per heavy atom. The number of amides is 1. The highest BCUT2D eigenvalue weighted by Gasteiger charge is 2.11. The van der Waals surface area contributed by atoms with Crippen molar-refractivity contribution in [2.45, 2.75) is 6.54 Å². The van der Waals surface area contributed by atoms with Crippen LogP contribution in [0.2, 0.25) is 5.02 Å². The number of aromatic nitrogens is 4. The van der Waals surface area contributed by atoms with Crippen LogP contribution in [-0.2, 0) is 6.54 Å². The highest BCUT2D eigenvalue weighted by atomic mass is 35.5. The van der Waals surface area contributed by atoms with E-state index in [0.717, 1.165) is 5.56 Å². The summed E-state index contributed by atoms with van der Waals surface area (Å²) in [7, 11) is 0. The Balaban J connectivity index is 1.67. The average molecular weight is 314 g/mol. The van der Waals surface area contributed by atoms with E-state index in [2.05, 4.69) is 25.5 Å². The maximum absolute atomic E-state index is 12.0. The second kappa shape index (κ2) is 6.36. The van der Waals surface area contributed by atoms with Gasteiger partial charge >= 0.3 is 0 Å². The molecule has 110 valence electrons. The number of halogens is 1. The molecule has 1 amide bonds. The van der Waals surface area contributed by atoms with Crippen molar-refractivity contribution in [2.24, 2.45) is 0 Å². The molecule has 0 aliphatic carbocycles.